The van der Waals surface area contributed by atoms with Gasteiger partial charge in [-0.25, -0.2) is 0 Å². The molecule has 0 aliphatic heterocycles. The van der Waals surface area contributed by atoms with Crippen LogP contribution in [0.3, 0.4) is 0 Å². The third-order valence-electron chi connectivity index (χ3n) is 2.63. The van der Waals surface area contributed by atoms with Crippen molar-refractivity contribution < 1.29 is 9.58 Å². The predicted molar refractivity (Wildman–Crippen MR) is 69.5 cm³/mol. The molecule has 0 radical (unpaired) electrons. The van der Waals surface area contributed by atoms with Gasteiger partial charge in [-0.1, -0.05) is 60.7 Å². The van der Waals surface area contributed by atoms with Crippen LogP contribution in [0.2, 0.25) is 0 Å². The van der Waals surface area contributed by atoms with E-state index in [1.165, 1.54) is 0 Å². The zero-order chi connectivity index (χ0) is 12.8. The van der Waals surface area contributed by atoms with Crippen LogP contribution in [0.4, 0.5) is 0 Å². The highest BCUT2D eigenvalue weighted by molar-refractivity contribution is 6.44. The van der Waals surface area contributed by atoms with E-state index in [9.17, 15) is 4.79 Å². The van der Waals surface area contributed by atoms with Gasteiger partial charge < -0.3 is 5.53 Å². The van der Waals surface area contributed by atoms with Crippen LogP contribution < -0.4 is 0 Å². The molecule has 0 spiro atoms. The van der Waals surface area contributed by atoms with Crippen molar-refractivity contribution in [3.8, 4) is 0 Å². The van der Waals surface area contributed by atoms with Gasteiger partial charge in [0.2, 0.25) is 0 Å². The molecule has 2 rings (SSSR count). The first-order chi connectivity index (χ1) is 8.81. The van der Waals surface area contributed by atoms with E-state index in [1.54, 1.807) is 24.3 Å². The summed E-state index contributed by atoms with van der Waals surface area (Å²) in [6, 6.07) is 18.3. The van der Waals surface area contributed by atoms with Gasteiger partial charge in [0.15, 0.2) is 0 Å². The number of carbonyl (C=O) groups excluding carboxylic acids is 1. The minimum absolute atomic E-state index is 0.146. The first-order valence-corrected chi connectivity index (χ1v) is 5.66. The Morgan fingerprint density at radius 2 is 1.50 bits per heavy atom. The molecule has 2 aromatic carbocycles. The Balaban J connectivity index is 2.21. The summed E-state index contributed by atoms with van der Waals surface area (Å²) in [5.41, 5.74) is 10.6. The van der Waals surface area contributed by atoms with Crippen LogP contribution in [0.15, 0.2) is 60.7 Å². The molecule has 3 nitrogen and oxygen atoms in total. The van der Waals surface area contributed by atoms with E-state index in [1.807, 2.05) is 36.4 Å². The molecule has 0 aliphatic carbocycles. The summed E-state index contributed by atoms with van der Waals surface area (Å²) in [6.07, 6.45) is 0.324. The fourth-order valence-electron chi connectivity index (χ4n) is 1.71. The number of hydrogen-bond acceptors (Lipinski definition) is 1. The second kappa shape index (κ2) is 5.71. The molecule has 2 aromatic rings. The molecule has 0 fully saturated rings. The molecule has 0 aliphatic rings. The summed E-state index contributed by atoms with van der Waals surface area (Å²) < 4.78 is 0. The lowest BCUT2D eigenvalue weighted by Gasteiger charge is -1.98. The Morgan fingerprint density at radius 3 is 2.06 bits per heavy atom. The molecule has 0 saturated heterocycles. The molecule has 0 bridgehead atoms. The summed E-state index contributed by atoms with van der Waals surface area (Å²) in [6.45, 7) is 0. The summed E-state index contributed by atoms with van der Waals surface area (Å²) in [7, 11) is 0. The van der Waals surface area contributed by atoms with Crippen molar-refractivity contribution in [1.82, 2.24) is 0 Å². The van der Waals surface area contributed by atoms with Gasteiger partial charge in [0.05, 0.1) is 6.42 Å². The van der Waals surface area contributed by atoms with Gasteiger partial charge in [0, 0.05) is 5.56 Å². The van der Waals surface area contributed by atoms with Gasteiger partial charge in [-0.2, -0.15) is 4.79 Å². The Kier molecular flexibility index (Phi) is 3.79. The van der Waals surface area contributed by atoms with E-state index in [4.69, 9.17) is 5.53 Å². The topological polar surface area (TPSA) is 53.5 Å². The number of carbonyl (C=O) groups is 1. The molecule has 18 heavy (non-hydrogen) atoms. The Labute approximate surface area is 105 Å². The first kappa shape index (κ1) is 12.0. The molecule has 3 heteroatoms. The summed E-state index contributed by atoms with van der Waals surface area (Å²) >= 11 is 0. The number of nitrogens with zero attached hydrogens (tertiary/aromatic N) is 2. The maximum Gasteiger partial charge on any atom is 0.343 e. The van der Waals surface area contributed by atoms with Crippen molar-refractivity contribution in [2.75, 3.05) is 0 Å². The molecule has 0 unspecified atom stereocenters. The second-order valence-electron chi connectivity index (χ2n) is 3.90. The van der Waals surface area contributed by atoms with E-state index in [-0.39, 0.29) is 11.5 Å². The van der Waals surface area contributed by atoms with E-state index in [0.717, 1.165) is 5.56 Å². The van der Waals surface area contributed by atoms with Gasteiger partial charge in [0.25, 0.3) is 5.78 Å². The zero-order valence-electron chi connectivity index (χ0n) is 9.78. The second-order valence-corrected chi connectivity index (χ2v) is 3.90. The van der Waals surface area contributed by atoms with Crippen molar-refractivity contribution in [3.63, 3.8) is 0 Å². The predicted octanol–water partition coefficient (Wildman–Crippen LogP) is 2.78. The Bertz CT molecular complexity index is 584. The molecule has 0 saturated carbocycles. The van der Waals surface area contributed by atoms with E-state index >= 15 is 0 Å². The third kappa shape index (κ3) is 2.78. The summed E-state index contributed by atoms with van der Waals surface area (Å²) in [5.74, 6) is -0.248. The van der Waals surface area contributed by atoms with Crippen LogP contribution in [-0.4, -0.2) is 16.3 Å². The van der Waals surface area contributed by atoms with E-state index in [0.29, 0.717) is 12.0 Å². The van der Waals surface area contributed by atoms with Crippen molar-refractivity contribution in [2.24, 2.45) is 0 Å². The van der Waals surface area contributed by atoms with Crippen molar-refractivity contribution in [2.45, 2.75) is 6.42 Å². The average molecular weight is 236 g/mol. The van der Waals surface area contributed by atoms with Crippen molar-refractivity contribution >= 4 is 11.5 Å². The fraction of sp³-hybridized carbons (Fsp3) is 0.0667. The highest BCUT2D eigenvalue weighted by atomic mass is 16.1. The largest absolute Gasteiger partial charge is 0.361 e. The zero-order valence-corrected chi connectivity index (χ0v) is 9.78. The van der Waals surface area contributed by atoms with Crippen LogP contribution >= 0.6 is 0 Å². The molecule has 0 heterocycles. The van der Waals surface area contributed by atoms with Gasteiger partial charge in [-0.05, 0) is 5.56 Å². The average Bonchev–Trinajstić information content (AvgIpc) is 2.46. The first-order valence-electron chi connectivity index (χ1n) is 5.66. The lowest BCUT2D eigenvalue weighted by Crippen LogP contribution is -2.18. The van der Waals surface area contributed by atoms with Crippen LogP contribution in [0, 0.1) is 0 Å². The highest BCUT2D eigenvalue weighted by Gasteiger charge is 2.21. The lowest BCUT2D eigenvalue weighted by molar-refractivity contribution is -0.00835. The standard InChI is InChI=1S/C15H12N2O/c16-17-14(11-12-7-3-1-4-8-12)15(18)13-9-5-2-6-10-13/h1-10H,11H2. The van der Waals surface area contributed by atoms with Crippen LogP contribution in [0.25, 0.3) is 5.53 Å². The molecule has 0 aromatic heterocycles. The quantitative estimate of drug-likeness (QED) is 0.348. The lowest BCUT2D eigenvalue weighted by atomic mass is 10.0. The van der Waals surface area contributed by atoms with Crippen LogP contribution in [0.5, 0.6) is 0 Å². The van der Waals surface area contributed by atoms with Crippen LogP contribution in [-0.2, 0) is 6.42 Å². The summed E-state index contributed by atoms with van der Waals surface area (Å²) in [4.78, 5) is 15.2. The Morgan fingerprint density at radius 1 is 0.944 bits per heavy atom. The molecule has 0 amide bonds. The van der Waals surface area contributed by atoms with Gasteiger partial charge in [-0.3, -0.25) is 4.79 Å². The Hall–Kier alpha value is -2.51. The van der Waals surface area contributed by atoms with Gasteiger partial charge in [-0.15, -0.1) is 0 Å². The highest BCUT2D eigenvalue weighted by Crippen LogP contribution is 2.05. The smallest absolute Gasteiger partial charge is 0.343 e. The fourth-order valence-corrected chi connectivity index (χ4v) is 1.71. The summed E-state index contributed by atoms with van der Waals surface area (Å²) in [5, 5.41) is 0. The number of hydrogen-bond donors (Lipinski definition) is 0. The number of rotatable bonds is 4. The van der Waals surface area contributed by atoms with Gasteiger partial charge in [0.1, 0.15) is 0 Å². The molecule has 0 N–H and O–H groups in total. The minimum Gasteiger partial charge on any atom is -0.361 e. The van der Waals surface area contributed by atoms with E-state index in [2.05, 4.69) is 4.79 Å². The third-order valence-corrected chi connectivity index (χ3v) is 2.63. The molecule has 0 atom stereocenters. The molecule has 88 valence electrons. The van der Waals surface area contributed by atoms with Gasteiger partial charge >= 0.3 is 5.71 Å². The van der Waals surface area contributed by atoms with Crippen molar-refractivity contribution in [3.05, 3.63) is 77.3 Å². The maximum atomic E-state index is 12.1. The maximum absolute atomic E-state index is 12.1. The SMILES string of the molecule is [N-]=[N+]=C(Cc1ccccc1)C(=O)c1ccccc1. The number of ketones is 1. The minimum atomic E-state index is -0.248. The van der Waals surface area contributed by atoms with E-state index < -0.39 is 0 Å². The number of benzene rings is 2. The monoisotopic (exact) mass is 236 g/mol. The number of Topliss-reactive ketones (excluding diaryl/α,β-unsaturated/α-hetero) is 1. The molecular formula is C15H12N2O. The van der Waals surface area contributed by atoms with Crippen molar-refractivity contribution in [1.29, 1.82) is 0 Å². The normalized spacial score (nSPS) is 9.56. The molecular weight excluding hydrogens is 224 g/mol. The van der Waals surface area contributed by atoms with Crippen LogP contribution in [0.1, 0.15) is 15.9 Å².